The number of urea groups is 1. The Hall–Kier alpha value is -2.57. The van der Waals surface area contributed by atoms with Crippen LogP contribution in [-0.4, -0.2) is 50.9 Å². The average Bonchev–Trinajstić information content (AvgIpc) is 3.30. The Labute approximate surface area is 159 Å². The fourth-order valence-corrected chi connectivity index (χ4v) is 4.35. The van der Waals surface area contributed by atoms with E-state index in [0.29, 0.717) is 17.7 Å². The molecule has 144 valence electrons. The second-order valence-corrected chi connectivity index (χ2v) is 7.88. The molecule has 0 unspecified atom stereocenters. The van der Waals surface area contributed by atoms with Crippen molar-refractivity contribution >= 4 is 6.03 Å². The maximum absolute atomic E-state index is 12.4. The van der Waals surface area contributed by atoms with E-state index in [1.165, 1.54) is 0 Å². The number of nitrogens with one attached hydrogen (secondary N) is 1. The monoisotopic (exact) mass is 369 g/mol. The number of likely N-dealkylation sites (tertiary alicyclic amines) is 1. The number of amides is 2. The lowest BCUT2D eigenvalue weighted by molar-refractivity contribution is 0.0459. The molecular weight excluding hydrogens is 342 g/mol. The highest BCUT2D eigenvalue weighted by molar-refractivity contribution is 5.74. The molecule has 7 heteroatoms. The van der Waals surface area contributed by atoms with Gasteiger partial charge in [-0.3, -0.25) is 4.68 Å². The van der Waals surface area contributed by atoms with E-state index >= 15 is 0 Å². The number of carbonyl (C=O) groups excluding carboxylic acids is 1. The highest BCUT2D eigenvalue weighted by atomic mass is 16.5. The van der Waals surface area contributed by atoms with Crippen molar-refractivity contribution in [2.75, 3.05) is 13.1 Å². The maximum atomic E-state index is 12.4. The molecule has 1 aliphatic heterocycles. The molecule has 2 aromatic heterocycles. The quantitative estimate of drug-likeness (QED) is 0.899. The molecule has 1 saturated carbocycles. The van der Waals surface area contributed by atoms with Crippen molar-refractivity contribution in [3.63, 3.8) is 0 Å². The molecule has 0 radical (unpaired) electrons. The van der Waals surface area contributed by atoms with E-state index in [1.807, 2.05) is 53.9 Å². The van der Waals surface area contributed by atoms with Crippen molar-refractivity contribution in [3.05, 3.63) is 42.9 Å². The lowest BCUT2D eigenvalue weighted by Crippen LogP contribution is -2.41. The van der Waals surface area contributed by atoms with E-state index in [0.717, 1.165) is 25.9 Å². The number of aromatic nitrogens is 3. The Morgan fingerprint density at radius 3 is 2.67 bits per heavy atom. The molecule has 4 rings (SSSR count). The first kappa shape index (κ1) is 17.8. The zero-order valence-corrected chi connectivity index (χ0v) is 15.9. The van der Waals surface area contributed by atoms with E-state index in [2.05, 4.69) is 15.4 Å². The second kappa shape index (κ2) is 7.58. The summed E-state index contributed by atoms with van der Waals surface area (Å²) >= 11 is 0. The lowest BCUT2D eigenvalue weighted by atomic mass is 9.77. The summed E-state index contributed by atoms with van der Waals surface area (Å²) < 4.78 is 8.27. The van der Waals surface area contributed by atoms with Crippen LogP contribution in [0.3, 0.4) is 0 Å². The van der Waals surface area contributed by atoms with Crippen molar-refractivity contribution < 1.29 is 9.53 Å². The fraction of sp³-hybridized carbons (Fsp3) is 0.550. The standard InChI is InChI=1S/C20H27N5O2/c1-14(2)23-20(26)24-12-15-10-17(25-9-5-8-22-25)18(11-16(15)13-24)27-19-6-3-4-7-21-19/h3-9,14-18H,10-13H2,1-2H3,(H,23,26)/t15-,16+,17-,18-/m0/s1. The molecule has 27 heavy (non-hydrogen) atoms. The number of hydrogen-bond donors (Lipinski definition) is 1. The Morgan fingerprint density at radius 1 is 1.19 bits per heavy atom. The number of rotatable bonds is 4. The van der Waals surface area contributed by atoms with Crippen molar-refractivity contribution in [3.8, 4) is 5.88 Å². The molecule has 3 heterocycles. The normalized spacial score (nSPS) is 27.4. The van der Waals surface area contributed by atoms with Crippen LogP contribution in [0.1, 0.15) is 32.7 Å². The van der Waals surface area contributed by atoms with Crippen LogP contribution in [0.25, 0.3) is 0 Å². The van der Waals surface area contributed by atoms with E-state index in [4.69, 9.17) is 4.74 Å². The van der Waals surface area contributed by atoms with E-state index in [9.17, 15) is 4.79 Å². The summed E-state index contributed by atoms with van der Waals surface area (Å²) in [6.45, 7) is 5.57. The minimum atomic E-state index is -0.00541. The summed E-state index contributed by atoms with van der Waals surface area (Å²) in [7, 11) is 0. The van der Waals surface area contributed by atoms with Crippen molar-refractivity contribution in [2.45, 2.75) is 44.9 Å². The van der Waals surface area contributed by atoms with Crippen LogP contribution >= 0.6 is 0 Å². The molecule has 0 aromatic carbocycles. The predicted octanol–water partition coefficient (Wildman–Crippen LogP) is 2.73. The zero-order valence-electron chi connectivity index (χ0n) is 15.9. The van der Waals surface area contributed by atoms with E-state index < -0.39 is 0 Å². The third-order valence-electron chi connectivity index (χ3n) is 5.56. The number of nitrogens with zero attached hydrogens (tertiary/aromatic N) is 4. The number of ether oxygens (including phenoxy) is 1. The number of pyridine rings is 1. The van der Waals surface area contributed by atoms with Crippen LogP contribution in [0.2, 0.25) is 0 Å². The Bertz CT molecular complexity index is 749. The highest BCUT2D eigenvalue weighted by Gasteiger charge is 2.45. The first-order valence-corrected chi connectivity index (χ1v) is 9.72. The minimum Gasteiger partial charge on any atom is -0.472 e. The Morgan fingerprint density at radius 2 is 2.00 bits per heavy atom. The van der Waals surface area contributed by atoms with Gasteiger partial charge in [-0.15, -0.1) is 0 Å². The van der Waals surface area contributed by atoms with Gasteiger partial charge in [0, 0.05) is 43.8 Å². The molecule has 1 N–H and O–H groups in total. The van der Waals surface area contributed by atoms with Gasteiger partial charge in [-0.25, -0.2) is 9.78 Å². The van der Waals surface area contributed by atoms with Gasteiger partial charge >= 0.3 is 6.03 Å². The van der Waals surface area contributed by atoms with Gasteiger partial charge in [0.25, 0.3) is 0 Å². The third kappa shape index (κ3) is 3.91. The smallest absolute Gasteiger partial charge is 0.317 e. The Kier molecular flexibility index (Phi) is 5.01. The summed E-state index contributed by atoms with van der Waals surface area (Å²) in [5.74, 6) is 1.56. The molecule has 2 amide bonds. The summed E-state index contributed by atoms with van der Waals surface area (Å²) in [5.41, 5.74) is 0. The van der Waals surface area contributed by atoms with E-state index in [1.54, 1.807) is 12.4 Å². The van der Waals surface area contributed by atoms with Gasteiger partial charge < -0.3 is 15.0 Å². The van der Waals surface area contributed by atoms with Crippen LogP contribution in [0.4, 0.5) is 4.79 Å². The van der Waals surface area contributed by atoms with Crippen molar-refractivity contribution in [1.29, 1.82) is 0 Å². The highest BCUT2D eigenvalue weighted by Crippen LogP contribution is 2.42. The average molecular weight is 369 g/mol. The van der Waals surface area contributed by atoms with Crippen LogP contribution < -0.4 is 10.1 Å². The number of hydrogen-bond acceptors (Lipinski definition) is 4. The van der Waals surface area contributed by atoms with Gasteiger partial charge in [0.05, 0.1) is 6.04 Å². The fourth-order valence-electron chi connectivity index (χ4n) is 4.35. The zero-order chi connectivity index (χ0) is 18.8. The topological polar surface area (TPSA) is 72.3 Å². The van der Waals surface area contributed by atoms with Crippen molar-refractivity contribution in [1.82, 2.24) is 25.0 Å². The molecular formula is C20H27N5O2. The van der Waals surface area contributed by atoms with Gasteiger partial charge in [0.1, 0.15) is 6.10 Å². The number of fused-ring (bicyclic) bond motifs is 1. The lowest BCUT2D eigenvalue weighted by Gasteiger charge is -2.37. The Balaban J connectivity index is 1.51. The van der Waals surface area contributed by atoms with Gasteiger partial charge in [0.2, 0.25) is 5.88 Å². The summed E-state index contributed by atoms with van der Waals surface area (Å²) in [6, 6.07) is 8.00. The molecule has 2 aliphatic rings. The van der Waals surface area contributed by atoms with Gasteiger partial charge in [0.15, 0.2) is 0 Å². The van der Waals surface area contributed by atoms with Gasteiger partial charge in [-0.05, 0) is 50.7 Å². The number of carbonyl (C=O) groups is 1. The SMILES string of the molecule is CC(C)NC(=O)N1C[C@H]2C[C@H](Oc3ccccn3)[C@@H](n3cccn3)C[C@H]2C1. The molecule has 2 fully saturated rings. The second-order valence-electron chi connectivity index (χ2n) is 7.88. The molecule has 0 bridgehead atoms. The molecule has 0 spiro atoms. The molecule has 1 aliphatic carbocycles. The summed E-state index contributed by atoms with van der Waals surface area (Å²) in [5, 5.41) is 7.48. The third-order valence-corrected chi connectivity index (χ3v) is 5.56. The predicted molar refractivity (Wildman–Crippen MR) is 101 cm³/mol. The molecule has 4 atom stereocenters. The minimum absolute atomic E-state index is 0.00541. The summed E-state index contributed by atoms with van der Waals surface area (Å²) in [4.78, 5) is 18.7. The van der Waals surface area contributed by atoms with Crippen LogP contribution in [0.15, 0.2) is 42.9 Å². The van der Waals surface area contributed by atoms with Crippen molar-refractivity contribution in [2.24, 2.45) is 11.8 Å². The summed E-state index contributed by atoms with van der Waals surface area (Å²) in [6.07, 6.45) is 7.40. The first-order valence-electron chi connectivity index (χ1n) is 9.72. The van der Waals surface area contributed by atoms with Gasteiger partial charge in [-0.2, -0.15) is 5.10 Å². The molecule has 1 saturated heterocycles. The van der Waals surface area contributed by atoms with E-state index in [-0.39, 0.29) is 24.2 Å². The van der Waals surface area contributed by atoms with Gasteiger partial charge in [-0.1, -0.05) is 6.07 Å². The maximum Gasteiger partial charge on any atom is 0.317 e. The molecule has 7 nitrogen and oxygen atoms in total. The first-order chi connectivity index (χ1) is 13.1. The van der Waals surface area contributed by atoms with Crippen LogP contribution in [-0.2, 0) is 0 Å². The largest absolute Gasteiger partial charge is 0.472 e. The molecule has 2 aromatic rings. The van der Waals surface area contributed by atoms with Crippen LogP contribution in [0.5, 0.6) is 5.88 Å². The van der Waals surface area contributed by atoms with Crippen LogP contribution in [0, 0.1) is 11.8 Å².